The minimum absolute atomic E-state index is 0.0895. The van der Waals surface area contributed by atoms with Crippen LogP contribution in [0.2, 0.25) is 0 Å². The zero-order valence-electron chi connectivity index (χ0n) is 13.6. The maximum absolute atomic E-state index is 12.8. The van der Waals surface area contributed by atoms with Crippen molar-refractivity contribution in [1.82, 2.24) is 9.55 Å². The van der Waals surface area contributed by atoms with Gasteiger partial charge >= 0.3 is 0 Å². The fraction of sp³-hybridized carbons (Fsp3) is 0.333. The van der Waals surface area contributed by atoms with Gasteiger partial charge in [0, 0.05) is 11.8 Å². The van der Waals surface area contributed by atoms with Crippen LogP contribution in [0, 0.1) is 6.92 Å². The van der Waals surface area contributed by atoms with E-state index in [4.69, 9.17) is 4.98 Å². The molecule has 0 spiro atoms. The Morgan fingerprint density at radius 2 is 2.09 bits per heavy atom. The SMILES string of the molecule is CCC(C)n1c(SCc2ccccc2C)nc2ccsc2c1=O. The van der Waals surface area contributed by atoms with Gasteiger partial charge in [-0.25, -0.2) is 4.98 Å². The molecule has 120 valence electrons. The minimum Gasteiger partial charge on any atom is -0.284 e. The molecule has 1 unspecified atom stereocenters. The van der Waals surface area contributed by atoms with Gasteiger partial charge in [0.15, 0.2) is 5.16 Å². The molecule has 1 aromatic carbocycles. The predicted molar refractivity (Wildman–Crippen MR) is 99.6 cm³/mol. The lowest BCUT2D eigenvalue weighted by Gasteiger charge is -2.17. The first-order valence-electron chi connectivity index (χ1n) is 7.78. The summed E-state index contributed by atoms with van der Waals surface area (Å²) in [5, 5.41) is 2.76. The van der Waals surface area contributed by atoms with Crippen molar-refractivity contribution in [3.63, 3.8) is 0 Å². The quantitative estimate of drug-likeness (QED) is 0.481. The summed E-state index contributed by atoms with van der Waals surface area (Å²) in [7, 11) is 0. The Bertz CT molecular complexity index is 882. The molecular weight excluding hydrogens is 324 g/mol. The second kappa shape index (κ2) is 6.89. The number of nitrogens with zero attached hydrogens (tertiary/aromatic N) is 2. The van der Waals surface area contributed by atoms with Gasteiger partial charge in [-0.1, -0.05) is 43.0 Å². The lowest BCUT2D eigenvalue weighted by atomic mass is 10.1. The number of aryl methyl sites for hydroxylation is 1. The fourth-order valence-electron chi connectivity index (χ4n) is 2.49. The highest BCUT2D eigenvalue weighted by molar-refractivity contribution is 7.98. The topological polar surface area (TPSA) is 34.9 Å². The molecule has 0 bridgehead atoms. The standard InChI is InChI=1S/C18H20N2OS2/c1-4-13(3)20-17(21)16-15(9-10-22-16)19-18(20)23-11-14-8-6-5-7-12(14)2/h5-10,13H,4,11H2,1-3H3. The normalized spacial score (nSPS) is 12.7. The van der Waals surface area contributed by atoms with Crippen molar-refractivity contribution in [2.75, 3.05) is 0 Å². The molecule has 2 aromatic heterocycles. The maximum Gasteiger partial charge on any atom is 0.272 e. The number of thioether (sulfide) groups is 1. The molecule has 3 aromatic rings. The van der Waals surface area contributed by atoms with Crippen LogP contribution in [0.1, 0.15) is 37.4 Å². The van der Waals surface area contributed by atoms with Gasteiger partial charge in [-0.2, -0.15) is 0 Å². The maximum atomic E-state index is 12.8. The Labute approximate surface area is 144 Å². The summed E-state index contributed by atoms with van der Waals surface area (Å²) < 4.78 is 2.62. The lowest BCUT2D eigenvalue weighted by Crippen LogP contribution is -2.25. The van der Waals surface area contributed by atoms with Gasteiger partial charge in [-0.15, -0.1) is 11.3 Å². The summed E-state index contributed by atoms with van der Waals surface area (Å²) in [4.78, 5) is 17.6. The molecule has 0 fully saturated rings. The second-order valence-corrected chi connectivity index (χ2v) is 7.54. The number of benzene rings is 1. The van der Waals surface area contributed by atoms with Gasteiger partial charge < -0.3 is 0 Å². The van der Waals surface area contributed by atoms with E-state index < -0.39 is 0 Å². The van der Waals surface area contributed by atoms with Gasteiger partial charge in [-0.3, -0.25) is 9.36 Å². The monoisotopic (exact) mass is 344 g/mol. The highest BCUT2D eigenvalue weighted by Gasteiger charge is 2.16. The summed E-state index contributed by atoms with van der Waals surface area (Å²) in [6, 6.07) is 10.4. The van der Waals surface area contributed by atoms with Crippen LogP contribution in [0.5, 0.6) is 0 Å². The Balaban J connectivity index is 2.02. The van der Waals surface area contributed by atoms with Crippen LogP contribution in [0.4, 0.5) is 0 Å². The van der Waals surface area contributed by atoms with E-state index in [0.29, 0.717) is 0 Å². The molecule has 1 atom stereocenters. The van der Waals surface area contributed by atoms with E-state index in [1.165, 1.54) is 22.5 Å². The molecular formula is C18H20N2OS2. The van der Waals surface area contributed by atoms with Gasteiger partial charge in [0.05, 0.1) is 5.52 Å². The molecule has 0 saturated heterocycles. The van der Waals surface area contributed by atoms with Crippen LogP contribution in [0.3, 0.4) is 0 Å². The predicted octanol–water partition coefficient (Wildman–Crippen LogP) is 5.03. The molecule has 0 aliphatic rings. The van der Waals surface area contributed by atoms with Crippen molar-refractivity contribution in [3.05, 3.63) is 57.2 Å². The van der Waals surface area contributed by atoms with Crippen LogP contribution in [0.15, 0.2) is 45.7 Å². The summed E-state index contributed by atoms with van der Waals surface area (Å²) in [6.45, 7) is 6.30. The molecule has 0 N–H and O–H groups in total. The summed E-state index contributed by atoms with van der Waals surface area (Å²) >= 11 is 3.12. The first-order valence-corrected chi connectivity index (χ1v) is 9.65. The van der Waals surface area contributed by atoms with Gasteiger partial charge in [-0.05, 0) is 42.8 Å². The summed E-state index contributed by atoms with van der Waals surface area (Å²) in [5.74, 6) is 0.825. The third-order valence-corrected chi connectivity index (χ3v) is 6.02. The van der Waals surface area contributed by atoms with Crippen molar-refractivity contribution < 1.29 is 0 Å². The molecule has 23 heavy (non-hydrogen) atoms. The molecule has 0 aliphatic heterocycles. The van der Waals surface area contributed by atoms with E-state index in [-0.39, 0.29) is 11.6 Å². The molecule has 0 aliphatic carbocycles. The van der Waals surface area contributed by atoms with Crippen LogP contribution >= 0.6 is 23.1 Å². The second-order valence-electron chi connectivity index (χ2n) is 5.68. The highest BCUT2D eigenvalue weighted by atomic mass is 32.2. The molecule has 2 heterocycles. The van der Waals surface area contributed by atoms with Crippen molar-refractivity contribution in [3.8, 4) is 0 Å². The molecule has 0 radical (unpaired) electrons. The third-order valence-electron chi connectivity index (χ3n) is 4.13. The first-order chi connectivity index (χ1) is 11.1. The van der Waals surface area contributed by atoms with E-state index in [1.54, 1.807) is 11.8 Å². The summed E-state index contributed by atoms with van der Waals surface area (Å²) in [6.07, 6.45) is 0.913. The summed E-state index contributed by atoms with van der Waals surface area (Å²) in [5.41, 5.74) is 3.46. The molecule has 0 saturated carbocycles. The number of fused-ring (bicyclic) bond motifs is 1. The zero-order valence-corrected chi connectivity index (χ0v) is 15.2. The molecule has 5 heteroatoms. The number of thiophene rings is 1. The van der Waals surface area contributed by atoms with Crippen LogP contribution < -0.4 is 5.56 Å². The van der Waals surface area contributed by atoms with E-state index in [2.05, 4.69) is 39.0 Å². The first kappa shape index (κ1) is 16.3. The Hall–Kier alpha value is -1.59. The minimum atomic E-state index is 0.0895. The Morgan fingerprint density at radius 3 is 2.83 bits per heavy atom. The van der Waals surface area contributed by atoms with Crippen molar-refractivity contribution in [2.24, 2.45) is 0 Å². The van der Waals surface area contributed by atoms with Crippen LogP contribution in [0.25, 0.3) is 10.2 Å². The van der Waals surface area contributed by atoms with E-state index in [9.17, 15) is 4.79 Å². The van der Waals surface area contributed by atoms with E-state index >= 15 is 0 Å². The third kappa shape index (κ3) is 3.21. The van der Waals surface area contributed by atoms with Crippen LogP contribution in [-0.4, -0.2) is 9.55 Å². The molecule has 3 nitrogen and oxygen atoms in total. The van der Waals surface area contributed by atoms with Crippen molar-refractivity contribution >= 4 is 33.3 Å². The number of hydrogen-bond donors (Lipinski definition) is 0. The fourth-order valence-corrected chi connectivity index (χ4v) is 4.43. The number of aromatic nitrogens is 2. The van der Waals surface area contributed by atoms with E-state index in [0.717, 1.165) is 27.5 Å². The average molecular weight is 345 g/mol. The lowest BCUT2D eigenvalue weighted by molar-refractivity contribution is 0.468. The number of hydrogen-bond acceptors (Lipinski definition) is 4. The number of rotatable bonds is 5. The smallest absolute Gasteiger partial charge is 0.272 e. The molecule has 3 rings (SSSR count). The Kier molecular flexibility index (Phi) is 4.87. The largest absolute Gasteiger partial charge is 0.284 e. The Morgan fingerprint density at radius 1 is 1.30 bits per heavy atom. The van der Waals surface area contributed by atoms with E-state index in [1.807, 2.05) is 22.1 Å². The van der Waals surface area contributed by atoms with Crippen molar-refractivity contribution in [2.45, 2.75) is 44.1 Å². The van der Waals surface area contributed by atoms with Gasteiger partial charge in [0.1, 0.15) is 4.70 Å². The highest BCUT2D eigenvalue weighted by Crippen LogP contribution is 2.27. The van der Waals surface area contributed by atoms with Gasteiger partial charge in [0.2, 0.25) is 0 Å². The average Bonchev–Trinajstić information content (AvgIpc) is 3.02. The molecule has 0 amide bonds. The van der Waals surface area contributed by atoms with Crippen LogP contribution in [-0.2, 0) is 5.75 Å². The van der Waals surface area contributed by atoms with Gasteiger partial charge in [0.25, 0.3) is 5.56 Å². The van der Waals surface area contributed by atoms with Crippen molar-refractivity contribution in [1.29, 1.82) is 0 Å². The zero-order chi connectivity index (χ0) is 16.4.